The van der Waals surface area contributed by atoms with Crippen molar-refractivity contribution >= 4 is 34.5 Å². The largest absolute Gasteiger partial charge is 0.459 e. The second kappa shape index (κ2) is 15.0. The number of hydrogen-bond acceptors (Lipinski definition) is 7. The lowest BCUT2D eigenvalue weighted by Crippen LogP contribution is -2.56. The summed E-state index contributed by atoms with van der Waals surface area (Å²) in [7, 11) is 1.49. The fourth-order valence-electron chi connectivity index (χ4n) is 4.67. The van der Waals surface area contributed by atoms with Crippen LogP contribution in [-0.4, -0.2) is 55.2 Å². The molecule has 2 amide bonds. The molecular formula is C35H44N2O7. The topological polar surface area (TPSA) is 120 Å². The molecule has 0 radical (unpaired) electrons. The minimum absolute atomic E-state index is 0.0283. The summed E-state index contributed by atoms with van der Waals surface area (Å²) in [5.74, 6) is -3.63. The molecule has 0 saturated carbocycles. The number of benzene rings is 3. The van der Waals surface area contributed by atoms with Crippen LogP contribution in [0.25, 0.3) is 10.8 Å². The highest BCUT2D eigenvalue weighted by atomic mass is 16.6. The molecule has 0 fully saturated rings. The van der Waals surface area contributed by atoms with E-state index in [-0.39, 0.29) is 18.9 Å². The zero-order chi connectivity index (χ0) is 32.5. The van der Waals surface area contributed by atoms with E-state index in [4.69, 9.17) is 14.2 Å². The van der Waals surface area contributed by atoms with Gasteiger partial charge >= 0.3 is 11.9 Å². The first-order valence-electron chi connectivity index (χ1n) is 14.7. The number of rotatable bonds is 12. The summed E-state index contributed by atoms with van der Waals surface area (Å²) >= 11 is 0. The van der Waals surface area contributed by atoms with Crippen LogP contribution >= 0.6 is 0 Å². The Morgan fingerprint density at radius 3 is 2.02 bits per heavy atom. The molecule has 0 aliphatic carbocycles. The Morgan fingerprint density at radius 1 is 0.773 bits per heavy atom. The predicted octanol–water partition coefficient (Wildman–Crippen LogP) is 4.75. The monoisotopic (exact) mass is 604 g/mol. The van der Waals surface area contributed by atoms with E-state index >= 15 is 0 Å². The van der Waals surface area contributed by atoms with Crippen molar-refractivity contribution in [3.05, 3.63) is 83.9 Å². The van der Waals surface area contributed by atoms with Gasteiger partial charge in [-0.15, -0.1) is 0 Å². The normalized spacial score (nSPS) is 13.8. The van der Waals surface area contributed by atoms with E-state index in [2.05, 4.69) is 10.6 Å². The molecule has 0 heterocycles. The van der Waals surface area contributed by atoms with Crippen LogP contribution in [0.5, 0.6) is 0 Å². The van der Waals surface area contributed by atoms with Crippen molar-refractivity contribution < 1.29 is 33.4 Å². The molecule has 0 spiro atoms. The van der Waals surface area contributed by atoms with Crippen molar-refractivity contribution in [3.63, 3.8) is 0 Å². The number of fused-ring (bicyclic) bond motifs is 1. The average molecular weight is 605 g/mol. The Kier molecular flexibility index (Phi) is 11.7. The van der Waals surface area contributed by atoms with Gasteiger partial charge in [-0.2, -0.15) is 0 Å². The lowest BCUT2D eigenvalue weighted by molar-refractivity contribution is -0.178. The van der Waals surface area contributed by atoms with Crippen molar-refractivity contribution in [3.8, 4) is 0 Å². The van der Waals surface area contributed by atoms with Crippen LogP contribution in [0, 0.1) is 11.3 Å². The number of ether oxygens (including phenoxy) is 3. The van der Waals surface area contributed by atoms with Crippen molar-refractivity contribution in [2.24, 2.45) is 11.3 Å². The van der Waals surface area contributed by atoms with Gasteiger partial charge in [0.05, 0.1) is 5.92 Å². The van der Waals surface area contributed by atoms with E-state index in [9.17, 15) is 19.2 Å². The lowest BCUT2D eigenvalue weighted by Gasteiger charge is -2.33. The van der Waals surface area contributed by atoms with Gasteiger partial charge in [-0.05, 0) is 54.5 Å². The number of hydrogen-bond donors (Lipinski definition) is 2. The summed E-state index contributed by atoms with van der Waals surface area (Å²) < 4.78 is 16.9. The summed E-state index contributed by atoms with van der Waals surface area (Å²) in [5.41, 5.74) is 0.0136. The van der Waals surface area contributed by atoms with Crippen molar-refractivity contribution in [2.75, 3.05) is 13.7 Å². The summed E-state index contributed by atoms with van der Waals surface area (Å²) in [6, 6.07) is 21.8. The van der Waals surface area contributed by atoms with Gasteiger partial charge in [0, 0.05) is 7.05 Å². The van der Waals surface area contributed by atoms with Crippen LogP contribution in [0.2, 0.25) is 0 Å². The fourth-order valence-corrected chi connectivity index (χ4v) is 4.67. The van der Waals surface area contributed by atoms with Crippen molar-refractivity contribution in [2.45, 2.75) is 72.3 Å². The number of amides is 2. The number of likely N-dealkylation sites (N-methyl/N-ethyl adjacent to an activating group) is 1. The Bertz CT molecular complexity index is 1440. The molecule has 3 aromatic carbocycles. The third kappa shape index (κ3) is 10.2. The molecule has 9 heteroatoms. The average Bonchev–Trinajstić information content (AvgIpc) is 2.96. The maximum absolute atomic E-state index is 14.1. The van der Waals surface area contributed by atoms with E-state index < -0.39 is 53.5 Å². The van der Waals surface area contributed by atoms with Gasteiger partial charge in [0.2, 0.25) is 11.8 Å². The number of carbonyl (C=O) groups is 4. The van der Waals surface area contributed by atoms with Crippen LogP contribution in [0.1, 0.15) is 52.7 Å². The van der Waals surface area contributed by atoms with Crippen LogP contribution < -0.4 is 10.6 Å². The highest BCUT2D eigenvalue weighted by Gasteiger charge is 2.41. The Hall–Kier alpha value is -4.24. The van der Waals surface area contributed by atoms with Crippen molar-refractivity contribution in [1.29, 1.82) is 0 Å². The molecule has 2 N–H and O–H groups in total. The van der Waals surface area contributed by atoms with E-state index in [0.717, 1.165) is 21.9 Å². The SMILES string of the molecule is CNC(=O)[C@@H](NC(=O)C(Cc1ccc2ccccc2c1)[C@H](OCC(=O)OCc1ccccc1)C(=O)OC(C)(C)C)C(C)(C)C. The highest BCUT2D eigenvalue weighted by Crippen LogP contribution is 2.25. The van der Waals surface area contributed by atoms with Crippen LogP contribution in [0.3, 0.4) is 0 Å². The zero-order valence-corrected chi connectivity index (χ0v) is 26.6. The lowest BCUT2D eigenvalue weighted by atomic mass is 9.84. The van der Waals surface area contributed by atoms with Gasteiger partial charge in [0.1, 0.15) is 24.9 Å². The molecule has 3 rings (SSSR count). The Morgan fingerprint density at radius 2 is 1.41 bits per heavy atom. The first-order chi connectivity index (χ1) is 20.7. The van der Waals surface area contributed by atoms with Gasteiger partial charge in [-0.1, -0.05) is 93.6 Å². The predicted molar refractivity (Wildman–Crippen MR) is 168 cm³/mol. The molecule has 1 unspecified atom stereocenters. The van der Waals surface area contributed by atoms with E-state index in [0.29, 0.717) is 0 Å². The van der Waals surface area contributed by atoms with Gasteiger partial charge in [0.25, 0.3) is 0 Å². The second-order valence-electron chi connectivity index (χ2n) is 12.8. The molecule has 9 nitrogen and oxygen atoms in total. The third-order valence-electron chi connectivity index (χ3n) is 6.90. The molecule has 0 saturated heterocycles. The fraction of sp³-hybridized carbons (Fsp3) is 0.429. The van der Waals surface area contributed by atoms with E-state index in [1.54, 1.807) is 20.8 Å². The molecule has 0 aliphatic heterocycles. The summed E-state index contributed by atoms with van der Waals surface area (Å²) in [5, 5.41) is 7.42. The quantitative estimate of drug-likeness (QED) is 0.287. The van der Waals surface area contributed by atoms with Crippen LogP contribution in [0.15, 0.2) is 72.8 Å². The standard InChI is InChI=1S/C35H44N2O7/c1-34(2,3)30(32(40)36-7)37-31(39)27(20-24-17-18-25-15-11-12-16-26(25)19-24)29(33(41)44-35(4,5)6)43-22-28(38)42-21-23-13-9-8-10-14-23/h8-19,27,29-30H,20-22H2,1-7H3,(H,36,40)(H,37,39)/t27?,29-,30+/m0/s1. The molecule has 3 atom stereocenters. The van der Waals surface area contributed by atoms with Gasteiger partial charge < -0.3 is 24.8 Å². The van der Waals surface area contributed by atoms with Crippen LogP contribution in [-0.2, 0) is 46.4 Å². The van der Waals surface area contributed by atoms with E-state index in [1.807, 2.05) is 93.6 Å². The third-order valence-corrected chi connectivity index (χ3v) is 6.90. The highest BCUT2D eigenvalue weighted by molar-refractivity contribution is 5.92. The Labute approximate surface area is 259 Å². The molecule has 0 bridgehead atoms. The van der Waals surface area contributed by atoms with Gasteiger partial charge in [-0.25, -0.2) is 9.59 Å². The maximum atomic E-state index is 14.1. The van der Waals surface area contributed by atoms with Gasteiger partial charge in [-0.3, -0.25) is 9.59 Å². The molecular weight excluding hydrogens is 560 g/mol. The van der Waals surface area contributed by atoms with Gasteiger partial charge in [0.15, 0.2) is 6.10 Å². The van der Waals surface area contributed by atoms with Crippen molar-refractivity contribution in [1.82, 2.24) is 10.6 Å². The summed E-state index contributed by atoms with van der Waals surface area (Å²) in [6.45, 7) is 10.0. The number of esters is 2. The molecule has 44 heavy (non-hydrogen) atoms. The first kappa shape index (κ1) is 34.3. The number of nitrogens with one attached hydrogen (secondary N) is 2. The summed E-state index contributed by atoms with van der Waals surface area (Å²) in [6.07, 6.45) is -1.40. The maximum Gasteiger partial charge on any atom is 0.336 e. The molecule has 0 aliphatic rings. The first-order valence-corrected chi connectivity index (χ1v) is 14.7. The minimum atomic E-state index is -1.48. The smallest absolute Gasteiger partial charge is 0.336 e. The number of carbonyl (C=O) groups excluding carboxylic acids is 4. The molecule has 236 valence electrons. The summed E-state index contributed by atoms with van der Waals surface area (Å²) in [4.78, 5) is 53.2. The molecule has 3 aromatic rings. The zero-order valence-electron chi connectivity index (χ0n) is 26.6. The minimum Gasteiger partial charge on any atom is -0.459 e. The van der Waals surface area contributed by atoms with E-state index in [1.165, 1.54) is 7.05 Å². The van der Waals surface area contributed by atoms with Crippen LogP contribution in [0.4, 0.5) is 0 Å². The second-order valence-corrected chi connectivity index (χ2v) is 12.8. The Balaban J connectivity index is 1.96. The molecule has 0 aromatic heterocycles.